The Bertz CT molecular complexity index is 524. The fourth-order valence-electron chi connectivity index (χ4n) is 1.19. The number of anilines is 1. The summed E-state index contributed by atoms with van der Waals surface area (Å²) < 4.78 is 5.40. The molecule has 0 bridgehead atoms. The lowest BCUT2D eigenvalue weighted by atomic mass is 10.2. The van der Waals surface area contributed by atoms with E-state index in [1.165, 1.54) is 6.20 Å². The van der Waals surface area contributed by atoms with Gasteiger partial charge in [0.1, 0.15) is 15.9 Å². The van der Waals surface area contributed by atoms with E-state index >= 15 is 0 Å². The molecule has 0 aliphatic heterocycles. The average molecular weight is 282 g/mol. The number of hydrogen-bond acceptors (Lipinski definition) is 4. The summed E-state index contributed by atoms with van der Waals surface area (Å²) in [6.07, 6.45) is 3.01. The highest BCUT2D eigenvalue weighted by Crippen LogP contribution is 2.19. The molecule has 1 N–H and O–H groups in total. The maximum Gasteiger partial charge on any atom is 0.260 e. The first kappa shape index (κ1) is 10.8. The lowest BCUT2D eigenvalue weighted by Gasteiger charge is -2.04. The highest BCUT2D eigenvalue weighted by molar-refractivity contribution is 9.10. The second-order valence-electron chi connectivity index (χ2n) is 3.09. The minimum absolute atomic E-state index is 0.271. The number of nitrogens with one attached hydrogen (secondary N) is 1. The van der Waals surface area contributed by atoms with Gasteiger partial charge in [0.15, 0.2) is 0 Å². The predicted molar refractivity (Wildman–Crippen MR) is 61.1 cm³/mol. The zero-order valence-corrected chi connectivity index (χ0v) is 9.98. The molecular weight excluding hydrogens is 274 g/mol. The monoisotopic (exact) mass is 281 g/mol. The van der Waals surface area contributed by atoms with Gasteiger partial charge in [-0.1, -0.05) is 5.16 Å². The van der Waals surface area contributed by atoms with Gasteiger partial charge in [-0.15, -0.1) is 0 Å². The normalized spacial score (nSPS) is 10.1. The fraction of sp³-hybridized carbons (Fsp3) is 0.100. The van der Waals surface area contributed by atoms with E-state index in [4.69, 9.17) is 4.52 Å². The molecule has 0 unspecified atom stereocenters. The molecule has 0 saturated carbocycles. The van der Waals surface area contributed by atoms with Crippen LogP contribution in [0.2, 0.25) is 0 Å². The van der Waals surface area contributed by atoms with Gasteiger partial charge < -0.3 is 9.84 Å². The maximum absolute atomic E-state index is 11.8. The summed E-state index contributed by atoms with van der Waals surface area (Å²) in [6, 6.07) is 3.48. The second-order valence-corrected chi connectivity index (χ2v) is 3.84. The van der Waals surface area contributed by atoms with Gasteiger partial charge in [0, 0.05) is 6.20 Å². The number of halogens is 1. The Hall–Kier alpha value is -1.69. The molecule has 0 spiro atoms. The van der Waals surface area contributed by atoms with E-state index in [-0.39, 0.29) is 5.91 Å². The number of carbonyl (C=O) groups is 1. The third kappa shape index (κ3) is 2.11. The molecule has 0 atom stereocenters. The van der Waals surface area contributed by atoms with Crippen molar-refractivity contribution in [2.45, 2.75) is 6.92 Å². The van der Waals surface area contributed by atoms with Crippen LogP contribution >= 0.6 is 15.9 Å². The van der Waals surface area contributed by atoms with Crippen LogP contribution in [0.4, 0.5) is 5.69 Å². The molecule has 82 valence electrons. The van der Waals surface area contributed by atoms with Gasteiger partial charge in [0.2, 0.25) is 0 Å². The fourth-order valence-corrected chi connectivity index (χ4v) is 1.54. The molecule has 0 fully saturated rings. The minimum Gasteiger partial charge on any atom is -0.361 e. The van der Waals surface area contributed by atoms with Crippen molar-refractivity contribution in [2.24, 2.45) is 0 Å². The molecule has 0 saturated heterocycles. The first-order valence-corrected chi connectivity index (χ1v) is 5.31. The average Bonchev–Trinajstić information content (AvgIpc) is 2.68. The van der Waals surface area contributed by atoms with Crippen molar-refractivity contribution in [3.05, 3.63) is 40.5 Å². The maximum atomic E-state index is 11.8. The van der Waals surface area contributed by atoms with Crippen LogP contribution < -0.4 is 5.32 Å². The van der Waals surface area contributed by atoms with Crippen LogP contribution in [0.5, 0.6) is 0 Å². The number of pyridine rings is 1. The third-order valence-corrected chi connectivity index (χ3v) is 2.63. The minimum atomic E-state index is -0.271. The van der Waals surface area contributed by atoms with Crippen LogP contribution in [-0.4, -0.2) is 16.0 Å². The van der Waals surface area contributed by atoms with Gasteiger partial charge in [-0.25, -0.2) is 4.98 Å². The summed E-state index contributed by atoms with van der Waals surface area (Å²) in [5.41, 5.74) is 1.02. The first-order valence-electron chi connectivity index (χ1n) is 4.51. The van der Waals surface area contributed by atoms with E-state index in [2.05, 4.69) is 31.4 Å². The zero-order chi connectivity index (χ0) is 11.5. The van der Waals surface area contributed by atoms with Crippen molar-refractivity contribution in [2.75, 3.05) is 5.32 Å². The van der Waals surface area contributed by atoms with Crippen molar-refractivity contribution in [1.82, 2.24) is 10.1 Å². The van der Waals surface area contributed by atoms with Crippen LogP contribution in [0.1, 0.15) is 16.1 Å². The van der Waals surface area contributed by atoms with Gasteiger partial charge in [0.05, 0.1) is 11.9 Å². The third-order valence-electron chi connectivity index (χ3n) is 2.00. The second kappa shape index (κ2) is 4.44. The summed E-state index contributed by atoms with van der Waals surface area (Å²) in [5.74, 6) is 0.213. The summed E-state index contributed by atoms with van der Waals surface area (Å²) in [6.45, 7) is 1.68. The molecule has 0 aliphatic rings. The smallest absolute Gasteiger partial charge is 0.260 e. The lowest BCUT2D eigenvalue weighted by Crippen LogP contribution is -2.12. The molecule has 0 aliphatic carbocycles. The summed E-state index contributed by atoms with van der Waals surface area (Å²) in [5, 5.41) is 6.25. The van der Waals surface area contributed by atoms with Crippen LogP contribution in [0.15, 0.2) is 33.7 Å². The number of rotatable bonds is 2. The summed E-state index contributed by atoms with van der Waals surface area (Å²) in [7, 11) is 0. The van der Waals surface area contributed by atoms with E-state index in [9.17, 15) is 4.79 Å². The predicted octanol–water partition coefficient (Wildman–Crippen LogP) is 2.39. The molecule has 2 heterocycles. The van der Waals surface area contributed by atoms with E-state index in [1.807, 2.05) is 0 Å². The van der Waals surface area contributed by atoms with Crippen molar-refractivity contribution < 1.29 is 9.32 Å². The molecule has 2 aromatic heterocycles. The molecule has 6 heteroatoms. The van der Waals surface area contributed by atoms with Crippen molar-refractivity contribution >= 4 is 27.5 Å². The van der Waals surface area contributed by atoms with E-state index in [0.717, 1.165) is 0 Å². The molecule has 2 rings (SSSR count). The van der Waals surface area contributed by atoms with Gasteiger partial charge in [0.25, 0.3) is 5.91 Å². The molecule has 16 heavy (non-hydrogen) atoms. The van der Waals surface area contributed by atoms with Crippen molar-refractivity contribution in [3.63, 3.8) is 0 Å². The van der Waals surface area contributed by atoms with Crippen LogP contribution in [-0.2, 0) is 0 Å². The Kier molecular flexibility index (Phi) is 3.00. The van der Waals surface area contributed by atoms with E-state index < -0.39 is 0 Å². The molecule has 2 aromatic rings. The summed E-state index contributed by atoms with van der Waals surface area (Å²) >= 11 is 3.24. The van der Waals surface area contributed by atoms with Crippen LogP contribution in [0.25, 0.3) is 0 Å². The number of carbonyl (C=O) groups excluding carboxylic acids is 1. The number of aromatic nitrogens is 2. The number of amides is 1. The largest absolute Gasteiger partial charge is 0.361 e. The Morgan fingerprint density at radius 2 is 2.38 bits per heavy atom. The molecule has 0 radical (unpaired) electrons. The van der Waals surface area contributed by atoms with Gasteiger partial charge in [-0.3, -0.25) is 4.79 Å². The van der Waals surface area contributed by atoms with Crippen LogP contribution in [0.3, 0.4) is 0 Å². The molecular formula is C10H8BrN3O2. The Morgan fingerprint density at radius 1 is 1.56 bits per heavy atom. The number of nitrogens with zero attached hydrogens (tertiary/aromatic N) is 2. The zero-order valence-electron chi connectivity index (χ0n) is 8.40. The highest BCUT2D eigenvalue weighted by Gasteiger charge is 2.13. The lowest BCUT2D eigenvalue weighted by molar-refractivity contribution is 0.102. The van der Waals surface area contributed by atoms with Crippen molar-refractivity contribution in [3.8, 4) is 0 Å². The molecule has 5 nitrogen and oxygen atoms in total. The quantitative estimate of drug-likeness (QED) is 0.859. The Morgan fingerprint density at radius 3 is 3.00 bits per heavy atom. The van der Waals surface area contributed by atoms with E-state index in [1.54, 1.807) is 25.3 Å². The topological polar surface area (TPSA) is 68.0 Å². The number of aryl methyl sites for hydroxylation is 1. The van der Waals surface area contributed by atoms with E-state index in [0.29, 0.717) is 21.6 Å². The Balaban J connectivity index is 2.21. The highest BCUT2D eigenvalue weighted by atomic mass is 79.9. The van der Waals surface area contributed by atoms with Crippen molar-refractivity contribution in [1.29, 1.82) is 0 Å². The SMILES string of the molecule is Cc1oncc1C(=O)Nc1cccnc1Br. The van der Waals surface area contributed by atoms with Gasteiger partial charge >= 0.3 is 0 Å². The molecule has 1 amide bonds. The van der Waals surface area contributed by atoms with Gasteiger partial charge in [-0.05, 0) is 35.0 Å². The standard InChI is InChI=1S/C10H8BrN3O2/c1-6-7(5-13-16-6)10(15)14-8-3-2-4-12-9(8)11/h2-5H,1H3,(H,14,15). The molecule has 0 aromatic carbocycles. The van der Waals surface area contributed by atoms with Crippen LogP contribution in [0, 0.1) is 6.92 Å². The first-order chi connectivity index (χ1) is 7.68. The Labute approximate surface area is 100.0 Å². The van der Waals surface area contributed by atoms with Gasteiger partial charge in [-0.2, -0.15) is 0 Å². The summed E-state index contributed by atoms with van der Waals surface area (Å²) in [4.78, 5) is 15.8. The number of hydrogen-bond donors (Lipinski definition) is 1.